The molecular formula is C15H17N5O. The lowest BCUT2D eigenvalue weighted by molar-refractivity contribution is 0.362. The number of aromatic nitrogens is 1. The first-order valence-corrected chi connectivity index (χ1v) is 6.65. The van der Waals surface area contributed by atoms with E-state index in [0.29, 0.717) is 5.69 Å². The maximum atomic E-state index is 10.6. The summed E-state index contributed by atoms with van der Waals surface area (Å²) in [6, 6.07) is 5.83. The molecular weight excluding hydrogens is 266 g/mol. The number of nitrogens with two attached hydrogens (primary N) is 1. The minimum absolute atomic E-state index is 0.0381. The van der Waals surface area contributed by atoms with E-state index >= 15 is 0 Å². The third-order valence-electron chi connectivity index (χ3n) is 3.77. The Bertz CT molecular complexity index is 826. The lowest BCUT2D eigenvalue weighted by Gasteiger charge is -2.30. The van der Waals surface area contributed by atoms with Gasteiger partial charge in [-0.1, -0.05) is 24.3 Å². The van der Waals surface area contributed by atoms with Crippen molar-refractivity contribution in [1.29, 1.82) is 5.41 Å². The molecule has 4 N–H and O–H groups in total. The summed E-state index contributed by atoms with van der Waals surface area (Å²) in [6.07, 6.45) is 2.11. The molecule has 0 atom stereocenters. The smallest absolute Gasteiger partial charge is 0.232 e. The Labute approximate surface area is 122 Å². The number of rotatable bonds is 1. The van der Waals surface area contributed by atoms with Crippen LogP contribution < -0.4 is 5.73 Å². The van der Waals surface area contributed by atoms with Gasteiger partial charge in [0.1, 0.15) is 0 Å². The second kappa shape index (κ2) is 4.18. The van der Waals surface area contributed by atoms with Crippen molar-refractivity contribution in [3.05, 3.63) is 29.8 Å². The number of nitrogens with zero attached hydrogens (tertiary/aromatic N) is 3. The fourth-order valence-corrected chi connectivity index (χ4v) is 3.06. The van der Waals surface area contributed by atoms with E-state index in [-0.39, 0.29) is 11.4 Å². The van der Waals surface area contributed by atoms with Crippen LogP contribution in [-0.2, 0) is 5.54 Å². The molecule has 6 heteroatoms. The van der Waals surface area contributed by atoms with Gasteiger partial charge in [0.15, 0.2) is 5.69 Å². The first-order valence-electron chi connectivity index (χ1n) is 6.65. The van der Waals surface area contributed by atoms with Gasteiger partial charge in [-0.15, -0.1) is 10.2 Å². The van der Waals surface area contributed by atoms with Crippen molar-refractivity contribution in [2.24, 2.45) is 16.0 Å². The van der Waals surface area contributed by atoms with Crippen LogP contribution in [0.1, 0.15) is 26.3 Å². The van der Waals surface area contributed by atoms with Crippen LogP contribution in [0, 0.1) is 5.41 Å². The van der Waals surface area contributed by atoms with Crippen LogP contribution in [0.25, 0.3) is 16.5 Å². The van der Waals surface area contributed by atoms with Gasteiger partial charge in [0.2, 0.25) is 11.8 Å². The van der Waals surface area contributed by atoms with Gasteiger partial charge in [0.25, 0.3) is 0 Å². The highest BCUT2D eigenvalue weighted by atomic mass is 16.3. The van der Waals surface area contributed by atoms with Crippen molar-refractivity contribution in [3.8, 4) is 5.88 Å². The first-order chi connectivity index (χ1) is 9.83. The normalized spacial score (nSPS) is 16.4. The van der Waals surface area contributed by atoms with E-state index in [2.05, 4.69) is 23.2 Å². The van der Waals surface area contributed by atoms with Gasteiger partial charge in [-0.25, -0.2) is 0 Å². The molecule has 0 radical (unpaired) electrons. The number of nitrogens with one attached hydrogen (secondary N) is 1. The number of azo groups is 1. The predicted octanol–water partition coefficient (Wildman–Crippen LogP) is 3.48. The molecule has 1 aromatic carbocycles. The summed E-state index contributed by atoms with van der Waals surface area (Å²) in [5, 5.41) is 26.0. The van der Waals surface area contributed by atoms with Crippen molar-refractivity contribution in [2.75, 3.05) is 0 Å². The van der Waals surface area contributed by atoms with Gasteiger partial charge in [0.05, 0.1) is 11.1 Å². The van der Waals surface area contributed by atoms with Crippen molar-refractivity contribution >= 4 is 28.1 Å². The monoisotopic (exact) mass is 283 g/mol. The van der Waals surface area contributed by atoms with E-state index in [1.165, 1.54) is 0 Å². The maximum absolute atomic E-state index is 10.6. The topological polar surface area (TPSA) is 99.7 Å². The number of hydrogen-bond acceptors (Lipinski definition) is 3. The van der Waals surface area contributed by atoms with Gasteiger partial charge in [0, 0.05) is 10.9 Å². The lowest BCUT2D eigenvalue weighted by Crippen LogP contribution is -2.26. The standard InChI is InChI=1S/C15H17N5O/c1-8-7-15(2,3)20-12-9(8)5-4-6-10(12)11(13(20)21)18-19-14(16)17/h4-7,21H,1-3H3,(H3,16,17). The van der Waals surface area contributed by atoms with E-state index < -0.39 is 5.96 Å². The molecule has 1 aromatic heterocycles. The van der Waals surface area contributed by atoms with Gasteiger partial charge in [-0.05, 0) is 26.3 Å². The molecule has 0 saturated heterocycles. The minimum atomic E-state index is -0.394. The molecule has 2 heterocycles. The van der Waals surface area contributed by atoms with Crippen molar-refractivity contribution in [2.45, 2.75) is 26.3 Å². The van der Waals surface area contributed by atoms with E-state index in [9.17, 15) is 5.11 Å². The molecule has 0 unspecified atom stereocenters. The first kappa shape index (κ1) is 13.4. The molecule has 2 aromatic rings. The third-order valence-corrected chi connectivity index (χ3v) is 3.77. The van der Waals surface area contributed by atoms with Crippen LogP contribution in [0.2, 0.25) is 0 Å². The maximum Gasteiger partial charge on any atom is 0.232 e. The van der Waals surface area contributed by atoms with Crippen LogP contribution in [-0.4, -0.2) is 15.6 Å². The van der Waals surface area contributed by atoms with E-state index in [4.69, 9.17) is 11.1 Å². The molecule has 108 valence electrons. The van der Waals surface area contributed by atoms with E-state index in [1.54, 1.807) is 0 Å². The van der Waals surface area contributed by atoms with Crippen LogP contribution in [0.3, 0.4) is 0 Å². The molecule has 6 nitrogen and oxygen atoms in total. The second-order valence-electron chi connectivity index (χ2n) is 5.78. The Morgan fingerprint density at radius 3 is 2.76 bits per heavy atom. The molecule has 0 spiro atoms. The van der Waals surface area contributed by atoms with Gasteiger partial charge < -0.3 is 15.4 Å². The number of aromatic hydroxyl groups is 1. The summed E-state index contributed by atoms with van der Waals surface area (Å²) >= 11 is 0. The lowest BCUT2D eigenvalue weighted by atomic mass is 9.92. The van der Waals surface area contributed by atoms with Gasteiger partial charge in [-0.3, -0.25) is 5.41 Å². The Balaban J connectivity index is 2.42. The summed E-state index contributed by atoms with van der Waals surface area (Å²) in [7, 11) is 0. The summed E-state index contributed by atoms with van der Waals surface area (Å²) in [6.45, 7) is 6.11. The fraction of sp³-hybridized carbons (Fsp3) is 0.267. The van der Waals surface area contributed by atoms with Crippen molar-refractivity contribution in [3.63, 3.8) is 0 Å². The summed E-state index contributed by atoms with van der Waals surface area (Å²) in [5.74, 6) is -0.355. The highest BCUT2D eigenvalue weighted by Crippen LogP contribution is 2.47. The van der Waals surface area contributed by atoms with E-state index in [1.807, 2.05) is 36.6 Å². The molecule has 21 heavy (non-hydrogen) atoms. The zero-order chi connectivity index (χ0) is 15.4. The second-order valence-corrected chi connectivity index (χ2v) is 5.78. The molecule has 0 bridgehead atoms. The zero-order valence-corrected chi connectivity index (χ0v) is 12.2. The molecule has 1 aliphatic rings. The number of allylic oxidation sites excluding steroid dienone is 2. The minimum Gasteiger partial charge on any atom is -0.493 e. The summed E-state index contributed by atoms with van der Waals surface area (Å²) < 4.78 is 1.85. The molecule has 3 rings (SSSR count). The largest absolute Gasteiger partial charge is 0.493 e. The number of benzene rings is 1. The SMILES string of the molecule is CC1=CC(C)(C)n2c(O)c(N=NC(=N)N)c3cccc1c32. The molecule has 0 aliphatic carbocycles. The van der Waals surface area contributed by atoms with Crippen molar-refractivity contribution < 1.29 is 5.11 Å². The third kappa shape index (κ3) is 1.83. The number of para-hydroxylation sites is 1. The average molecular weight is 283 g/mol. The van der Waals surface area contributed by atoms with Gasteiger partial charge in [-0.2, -0.15) is 0 Å². The summed E-state index contributed by atoms with van der Waals surface area (Å²) in [4.78, 5) is 0. The molecule has 0 saturated carbocycles. The molecule has 0 amide bonds. The van der Waals surface area contributed by atoms with Crippen LogP contribution in [0.15, 0.2) is 34.5 Å². The number of hydrogen-bond donors (Lipinski definition) is 3. The van der Waals surface area contributed by atoms with E-state index in [0.717, 1.165) is 22.0 Å². The highest BCUT2D eigenvalue weighted by molar-refractivity contribution is 6.02. The van der Waals surface area contributed by atoms with Gasteiger partial charge >= 0.3 is 0 Å². The quantitative estimate of drug-likeness (QED) is 0.424. The highest BCUT2D eigenvalue weighted by Gasteiger charge is 2.31. The molecule has 1 aliphatic heterocycles. The van der Waals surface area contributed by atoms with Crippen molar-refractivity contribution in [1.82, 2.24) is 4.57 Å². The summed E-state index contributed by atoms with van der Waals surface area (Å²) in [5.41, 5.74) is 8.34. The Morgan fingerprint density at radius 1 is 1.38 bits per heavy atom. The van der Waals surface area contributed by atoms with Crippen LogP contribution >= 0.6 is 0 Å². The Morgan fingerprint density at radius 2 is 2.10 bits per heavy atom. The zero-order valence-electron chi connectivity index (χ0n) is 12.2. The van der Waals surface area contributed by atoms with Crippen LogP contribution in [0.4, 0.5) is 5.69 Å². The Kier molecular flexibility index (Phi) is 2.66. The molecule has 0 fully saturated rings. The average Bonchev–Trinajstić information content (AvgIpc) is 2.67. The fourth-order valence-electron chi connectivity index (χ4n) is 3.06. The Hall–Kier alpha value is -2.63. The number of guanidine groups is 1. The van der Waals surface area contributed by atoms with Crippen LogP contribution in [0.5, 0.6) is 5.88 Å². The predicted molar refractivity (Wildman–Crippen MR) is 83.0 cm³/mol.